The fourth-order valence-electron chi connectivity index (χ4n) is 9.59. The summed E-state index contributed by atoms with van der Waals surface area (Å²) in [5.41, 5.74) is 0. The SMILES string of the molecule is CCC/C=C\CCCCCCCC(=O)OCC(COC(=O)CCCCCCCCCCCCCCCCCCC/C=C\CCCCCCCCCC)OC(=O)CCCCCCCCC/C=C\C/C=C\CCCCC. The van der Waals surface area contributed by atoms with Crippen LogP contribution in [0.1, 0.15) is 348 Å². The van der Waals surface area contributed by atoms with Gasteiger partial charge in [-0.2, -0.15) is 0 Å². The fourth-order valence-corrected chi connectivity index (χ4v) is 9.59. The summed E-state index contributed by atoms with van der Waals surface area (Å²) in [4.78, 5) is 38.2. The maximum Gasteiger partial charge on any atom is 0.306 e. The second-order valence-electron chi connectivity index (χ2n) is 22.0. The van der Waals surface area contributed by atoms with E-state index in [1.54, 1.807) is 0 Å². The van der Waals surface area contributed by atoms with Gasteiger partial charge in [0.25, 0.3) is 0 Å². The van der Waals surface area contributed by atoms with Crippen LogP contribution in [0.3, 0.4) is 0 Å². The van der Waals surface area contributed by atoms with Crippen LogP contribution in [0, 0.1) is 0 Å². The van der Waals surface area contributed by atoms with E-state index in [1.807, 2.05) is 0 Å². The van der Waals surface area contributed by atoms with Crippen molar-refractivity contribution < 1.29 is 28.6 Å². The molecule has 0 rings (SSSR count). The van der Waals surface area contributed by atoms with Crippen LogP contribution in [-0.4, -0.2) is 37.2 Å². The van der Waals surface area contributed by atoms with Crippen molar-refractivity contribution in [3.63, 3.8) is 0 Å². The average Bonchev–Trinajstić information content (AvgIpc) is 3.40. The van der Waals surface area contributed by atoms with E-state index >= 15 is 0 Å². The van der Waals surface area contributed by atoms with Gasteiger partial charge in [0.2, 0.25) is 0 Å². The molecule has 0 saturated carbocycles. The Hall–Kier alpha value is -2.63. The lowest BCUT2D eigenvalue weighted by molar-refractivity contribution is -0.167. The Bertz CT molecular complexity index is 1280. The third kappa shape index (κ3) is 60.2. The summed E-state index contributed by atoms with van der Waals surface area (Å²) in [6.07, 6.45) is 78.6. The highest BCUT2D eigenvalue weighted by atomic mass is 16.6. The highest BCUT2D eigenvalue weighted by molar-refractivity contribution is 5.71. The zero-order valence-electron chi connectivity index (χ0n) is 49.6. The first-order chi connectivity index (χ1) is 36.5. The molecule has 0 saturated heterocycles. The number of hydrogen-bond acceptors (Lipinski definition) is 6. The number of hydrogen-bond donors (Lipinski definition) is 0. The molecule has 0 heterocycles. The number of esters is 3. The Morgan fingerprint density at radius 2 is 0.514 bits per heavy atom. The lowest BCUT2D eigenvalue weighted by atomic mass is 10.0. The van der Waals surface area contributed by atoms with Crippen molar-refractivity contribution in [2.24, 2.45) is 0 Å². The molecule has 0 radical (unpaired) electrons. The molecule has 0 bridgehead atoms. The summed E-state index contributed by atoms with van der Waals surface area (Å²) in [5.74, 6) is -0.878. The van der Waals surface area contributed by atoms with Gasteiger partial charge in [-0.15, -0.1) is 0 Å². The molecule has 74 heavy (non-hydrogen) atoms. The van der Waals surface area contributed by atoms with E-state index in [-0.39, 0.29) is 31.1 Å². The highest BCUT2D eigenvalue weighted by Crippen LogP contribution is 2.17. The summed E-state index contributed by atoms with van der Waals surface area (Å²) >= 11 is 0. The summed E-state index contributed by atoms with van der Waals surface area (Å²) in [6.45, 7) is 6.58. The van der Waals surface area contributed by atoms with Crippen molar-refractivity contribution in [1.82, 2.24) is 0 Å². The zero-order valence-corrected chi connectivity index (χ0v) is 49.6. The molecule has 6 heteroatoms. The van der Waals surface area contributed by atoms with Crippen molar-refractivity contribution in [2.75, 3.05) is 13.2 Å². The molecule has 0 aromatic carbocycles. The van der Waals surface area contributed by atoms with Crippen LogP contribution in [0.15, 0.2) is 48.6 Å². The van der Waals surface area contributed by atoms with E-state index < -0.39 is 6.10 Å². The van der Waals surface area contributed by atoms with Gasteiger partial charge in [-0.3, -0.25) is 14.4 Å². The van der Waals surface area contributed by atoms with Gasteiger partial charge in [-0.05, 0) is 96.3 Å². The van der Waals surface area contributed by atoms with Gasteiger partial charge in [-0.1, -0.05) is 281 Å². The molecular weight excluding hydrogens is 913 g/mol. The summed E-state index contributed by atoms with van der Waals surface area (Å²) in [5, 5.41) is 0. The average molecular weight is 1040 g/mol. The van der Waals surface area contributed by atoms with Gasteiger partial charge >= 0.3 is 17.9 Å². The Morgan fingerprint density at radius 1 is 0.270 bits per heavy atom. The van der Waals surface area contributed by atoms with Gasteiger partial charge < -0.3 is 14.2 Å². The lowest BCUT2D eigenvalue weighted by Crippen LogP contribution is -2.30. The molecule has 6 nitrogen and oxygen atoms in total. The monoisotopic (exact) mass is 1040 g/mol. The third-order valence-electron chi connectivity index (χ3n) is 14.5. The van der Waals surface area contributed by atoms with Crippen LogP contribution in [0.2, 0.25) is 0 Å². The van der Waals surface area contributed by atoms with Gasteiger partial charge in [0, 0.05) is 19.3 Å². The quantitative estimate of drug-likeness (QED) is 0.0261. The zero-order chi connectivity index (χ0) is 53.6. The first-order valence-corrected chi connectivity index (χ1v) is 32.6. The lowest BCUT2D eigenvalue weighted by Gasteiger charge is -2.18. The van der Waals surface area contributed by atoms with Gasteiger partial charge in [-0.25, -0.2) is 0 Å². The number of carbonyl (C=O) groups is 3. The first kappa shape index (κ1) is 71.4. The van der Waals surface area contributed by atoms with Gasteiger partial charge in [0.1, 0.15) is 13.2 Å². The van der Waals surface area contributed by atoms with E-state index in [9.17, 15) is 14.4 Å². The van der Waals surface area contributed by atoms with E-state index in [0.717, 1.165) is 83.5 Å². The van der Waals surface area contributed by atoms with E-state index in [1.165, 1.54) is 225 Å². The van der Waals surface area contributed by atoms with Crippen LogP contribution in [-0.2, 0) is 28.6 Å². The molecule has 0 aliphatic carbocycles. The number of carbonyl (C=O) groups excluding carboxylic acids is 3. The van der Waals surface area contributed by atoms with E-state index in [0.29, 0.717) is 19.3 Å². The van der Waals surface area contributed by atoms with Crippen molar-refractivity contribution in [1.29, 1.82) is 0 Å². The standard InChI is InChI=1S/C68H124O6/c1-4-7-10-13-16-19-22-24-26-28-29-30-31-32-33-34-35-36-37-38-39-41-42-44-46-49-52-55-58-61-67(70)73-64-65(63-72-66(69)60-57-54-51-48-21-18-15-12-9-6-3)74-68(71)62-59-56-53-50-47-45-43-40-27-25-23-20-17-14-11-8-5-2/h12,15,17,20,25,27-29,65H,4-11,13-14,16,18-19,21-24,26,30-64H2,1-3H3/b15-12-,20-17-,27-25-,29-28-. The van der Waals surface area contributed by atoms with Crippen LogP contribution in [0.4, 0.5) is 0 Å². The number of unbranched alkanes of at least 4 members (excludes halogenated alkanes) is 41. The van der Waals surface area contributed by atoms with E-state index in [2.05, 4.69) is 69.4 Å². The molecule has 0 spiro atoms. The van der Waals surface area contributed by atoms with Gasteiger partial charge in [0.05, 0.1) is 0 Å². The highest BCUT2D eigenvalue weighted by Gasteiger charge is 2.19. The molecule has 1 atom stereocenters. The number of rotatable bonds is 60. The number of allylic oxidation sites excluding steroid dienone is 8. The second-order valence-corrected chi connectivity index (χ2v) is 22.0. The van der Waals surface area contributed by atoms with Crippen LogP contribution in [0.5, 0.6) is 0 Å². The Kier molecular flexibility index (Phi) is 60.7. The van der Waals surface area contributed by atoms with Crippen LogP contribution >= 0.6 is 0 Å². The Labute approximate surface area is 460 Å². The molecule has 0 aliphatic rings. The van der Waals surface area contributed by atoms with Crippen molar-refractivity contribution in [3.8, 4) is 0 Å². The van der Waals surface area contributed by atoms with Crippen molar-refractivity contribution in [3.05, 3.63) is 48.6 Å². The first-order valence-electron chi connectivity index (χ1n) is 32.6. The topological polar surface area (TPSA) is 78.9 Å². The molecule has 0 aromatic rings. The van der Waals surface area contributed by atoms with E-state index in [4.69, 9.17) is 14.2 Å². The third-order valence-corrected chi connectivity index (χ3v) is 14.5. The van der Waals surface area contributed by atoms with Gasteiger partial charge in [0.15, 0.2) is 6.10 Å². The second kappa shape index (κ2) is 62.9. The van der Waals surface area contributed by atoms with Crippen molar-refractivity contribution >= 4 is 17.9 Å². The smallest absolute Gasteiger partial charge is 0.306 e. The molecule has 0 fully saturated rings. The molecule has 432 valence electrons. The minimum Gasteiger partial charge on any atom is -0.462 e. The molecule has 0 aliphatic heterocycles. The molecule has 0 amide bonds. The Balaban J connectivity index is 4.13. The predicted molar refractivity (Wildman–Crippen MR) is 321 cm³/mol. The minimum atomic E-state index is -0.779. The van der Waals surface area contributed by atoms with Crippen LogP contribution < -0.4 is 0 Å². The molecule has 0 aromatic heterocycles. The van der Waals surface area contributed by atoms with Crippen LogP contribution in [0.25, 0.3) is 0 Å². The maximum atomic E-state index is 12.9. The molecule has 0 N–H and O–H groups in total. The minimum absolute atomic E-state index is 0.0762. The maximum absolute atomic E-state index is 12.9. The fraction of sp³-hybridized carbons (Fsp3) is 0.838. The summed E-state index contributed by atoms with van der Waals surface area (Å²) in [6, 6.07) is 0. The summed E-state index contributed by atoms with van der Waals surface area (Å²) in [7, 11) is 0. The summed E-state index contributed by atoms with van der Waals surface area (Å²) < 4.78 is 16.9. The predicted octanol–water partition coefficient (Wildman–Crippen LogP) is 22.2. The number of ether oxygens (including phenoxy) is 3. The molecular formula is C68H124O6. The normalized spacial score (nSPS) is 12.3. The molecule has 1 unspecified atom stereocenters. The van der Waals surface area contributed by atoms with Crippen molar-refractivity contribution in [2.45, 2.75) is 354 Å². The Morgan fingerprint density at radius 3 is 0.838 bits per heavy atom. The largest absolute Gasteiger partial charge is 0.462 e.